The van der Waals surface area contributed by atoms with E-state index in [9.17, 15) is 0 Å². The smallest absolute Gasteiger partial charge is 0.176 e. The van der Waals surface area contributed by atoms with Crippen LogP contribution in [0.5, 0.6) is 5.75 Å². The number of hydrogen-bond donors (Lipinski definition) is 1. The Morgan fingerprint density at radius 3 is 2.57 bits per heavy atom. The summed E-state index contributed by atoms with van der Waals surface area (Å²) in [7, 11) is 1.65. The minimum absolute atomic E-state index is 0.0715. The van der Waals surface area contributed by atoms with Crippen LogP contribution < -0.4 is 10.1 Å². The molecular formula is C17H19NO3. The van der Waals surface area contributed by atoms with Gasteiger partial charge in [0.25, 0.3) is 0 Å². The average Bonchev–Trinajstić information content (AvgIpc) is 3.15. The van der Waals surface area contributed by atoms with Crippen molar-refractivity contribution in [3.05, 3.63) is 54.2 Å². The maximum atomic E-state index is 5.95. The molecule has 2 atom stereocenters. The number of para-hydroxylation sites is 1. The highest BCUT2D eigenvalue weighted by Crippen LogP contribution is 2.31. The molecule has 2 aromatic heterocycles. The fourth-order valence-electron chi connectivity index (χ4n) is 2.51. The van der Waals surface area contributed by atoms with Gasteiger partial charge in [0, 0.05) is 5.39 Å². The second-order valence-corrected chi connectivity index (χ2v) is 5.15. The van der Waals surface area contributed by atoms with Crippen LogP contribution in [0.25, 0.3) is 11.0 Å². The van der Waals surface area contributed by atoms with Crippen LogP contribution in [0.4, 0.5) is 0 Å². The normalized spacial score (nSPS) is 14.2. The summed E-state index contributed by atoms with van der Waals surface area (Å²) in [5.74, 6) is 2.55. The van der Waals surface area contributed by atoms with Crippen LogP contribution in [-0.2, 0) is 0 Å². The first-order chi connectivity index (χ1) is 10.2. The first-order valence-corrected chi connectivity index (χ1v) is 7.05. The quantitative estimate of drug-likeness (QED) is 0.752. The number of methoxy groups -OCH3 is 1. The summed E-state index contributed by atoms with van der Waals surface area (Å²) in [5, 5.41) is 4.51. The number of ether oxygens (including phenoxy) is 1. The zero-order valence-electron chi connectivity index (χ0n) is 12.4. The second-order valence-electron chi connectivity index (χ2n) is 5.15. The molecular weight excluding hydrogens is 266 g/mol. The van der Waals surface area contributed by atoms with Crippen LogP contribution >= 0.6 is 0 Å². The fraction of sp³-hybridized carbons (Fsp3) is 0.294. The maximum Gasteiger partial charge on any atom is 0.176 e. The van der Waals surface area contributed by atoms with E-state index in [4.69, 9.17) is 13.6 Å². The van der Waals surface area contributed by atoms with Gasteiger partial charge in [0.2, 0.25) is 0 Å². The van der Waals surface area contributed by atoms with Gasteiger partial charge in [-0.3, -0.25) is 5.32 Å². The van der Waals surface area contributed by atoms with Crippen molar-refractivity contribution in [2.24, 2.45) is 0 Å². The lowest BCUT2D eigenvalue weighted by atomic mass is 10.1. The zero-order valence-corrected chi connectivity index (χ0v) is 12.4. The lowest BCUT2D eigenvalue weighted by molar-refractivity contribution is 0.367. The molecule has 0 aliphatic rings. The van der Waals surface area contributed by atoms with Crippen LogP contribution in [-0.4, -0.2) is 7.11 Å². The van der Waals surface area contributed by atoms with Crippen molar-refractivity contribution in [2.75, 3.05) is 7.11 Å². The molecule has 110 valence electrons. The topological polar surface area (TPSA) is 47.5 Å². The monoisotopic (exact) mass is 285 g/mol. The van der Waals surface area contributed by atoms with E-state index < -0.39 is 0 Å². The van der Waals surface area contributed by atoms with Crippen molar-refractivity contribution in [2.45, 2.75) is 25.9 Å². The molecule has 0 amide bonds. The molecule has 3 rings (SSSR count). The zero-order chi connectivity index (χ0) is 14.8. The van der Waals surface area contributed by atoms with Gasteiger partial charge in [-0.15, -0.1) is 0 Å². The van der Waals surface area contributed by atoms with Gasteiger partial charge in [-0.05, 0) is 38.1 Å². The largest absolute Gasteiger partial charge is 0.493 e. The predicted octanol–water partition coefficient (Wildman–Crippen LogP) is 4.45. The summed E-state index contributed by atoms with van der Waals surface area (Å²) >= 11 is 0. The highest BCUT2D eigenvalue weighted by atomic mass is 16.5. The molecule has 0 spiro atoms. The van der Waals surface area contributed by atoms with Crippen molar-refractivity contribution >= 4 is 11.0 Å². The lowest BCUT2D eigenvalue weighted by Gasteiger charge is -2.16. The summed E-state index contributed by atoms with van der Waals surface area (Å²) in [5.41, 5.74) is 0.786. The molecule has 0 saturated carbocycles. The third-order valence-electron chi connectivity index (χ3n) is 3.64. The van der Waals surface area contributed by atoms with Gasteiger partial charge >= 0.3 is 0 Å². The molecule has 4 heteroatoms. The van der Waals surface area contributed by atoms with E-state index in [1.807, 2.05) is 36.4 Å². The third kappa shape index (κ3) is 2.67. The maximum absolute atomic E-state index is 5.95. The Morgan fingerprint density at radius 1 is 1.05 bits per heavy atom. The summed E-state index contributed by atoms with van der Waals surface area (Å²) in [6.45, 7) is 4.14. The highest BCUT2D eigenvalue weighted by Gasteiger charge is 2.17. The summed E-state index contributed by atoms with van der Waals surface area (Å²) in [6, 6.07) is 12.0. The van der Waals surface area contributed by atoms with Gasteiger partial charge in [0.1, 0.15) is 11.5 Å². The Labute approximate surface area is 123 Å². The molecule has 0 saturated heterocycles. The number of rotatable bonds is 5. The van der Waals surface area contributed by atoms with E-state index >= 15 is 0 Å². The minimum Gasteiger partial charge on any atom is -0.493 e. The predicted molar refractivity (Wildman–Crippen MR) is 81.4 cm³/mol. The molecule has 3 aromatic rings. The second kappa shape index (κ2) is 5.66. The number of hydrogen-bond acceptors (Lipinski definition) is 4. The first kappa shape index (κ1) is 13.8. The molecule has 0 bridgehead atoms. The van der Waals surface area contributed by atoms with E-state index in [0.717, 1.165) is 28.2 Å². The van der Waals surface area contributed by atoms with Gasteiger partial charge in [-0.2, -0.15) is 0 Å². The Bertz CT molecular complexity index is 715. The Balaban J connectivity index is 1.83. The van der Waals surface area contributed by atoms with E-state index in [1.54, 1.807) is 13.4 Å². The molecule has 2 heterocycles. The van der Waals surface area contributed by atoms with Crippen molar-refractivity contribution in [3.8, 4) is 5.75 Å². The van der Waals surface area contributed by atoms with Crippen LogP contribution in [0.15, 0.2) is 51.5 Å². The summed E-state index contributed by atoms with van der Waals surface area (Å²) < 4.78 is 16.7. The SMILES string of the molecule is COc1cccc2cc(C(C)N[C@H](C)c3ccco3)oc12. The van der Waals surface area contributed by atoms with Gasteiger partial charge < -0.3 is 13.6 Å². The molecule has 0 aliphatic heterocycles. The van der Waals surface area contributed by atoms with Crippen molar-refractivity contribution in [1.29, 1.82) is 0 Å². The molecule has 1 N–H and O–H groups in total. The van der Waals surface area contributed by atoms with Gasteiger partial charge in [0.05, 0.1) is 25.5 Å². The molecule has 1 unspecified atom stereocenters. The Hall–Kier alpha value is -2.20. The number of benzene rings is 1. The average molecular weight is 285 g/mol. The number of furan rings is 2. The van der Waals surface area contributed by atoms with E-state index in [2.05, 4.69) is 19.2 Å². The third-order valence-corrected chi connectivity index (χ3v) is 3.64. The molecule has 0 fully saturated rings. The van der Waals surface area contributed by atoms with Crippen LogP contribution in [0, 0.1) is 0 Å². The molecule has 21 heavy (non-hydrogen) atoms. The molecule has 1 aromatic carbocycles. The standard InChI is InChI=1S/C17H19NO3/c1-11(14-8-5-9-20-14)18-12(2)16-10-13-6-4-7-15(19-3)17(13)21-16/h4-12,18H,1-3H3/t11-,12?/m1/s1. The van der Waals surface area contributed by atoms with Crippen molar-refractivity contribution < 1.29 is 13.6 Å². The first-order valence-electron chi connectivity index (χ1n) is 7.05. The van der Waals surface area contributed by atoms with Crippen LogP contribution in [0.1, 0.15) is 37.5 Å². The molecule has 0 radical (unpaired) electrons. The Morgan fingerprint density at radius 2 is 1.86 bits per heavy atom. The molecule has 0 aliphatic carbocycles. The summed E-state index contributed by atoms with van der Waals surface area (Å²) in [4.78, 5) is 0. The molecule has 4 nitrogen and oxygen atoms in total. The minimum atomic E-state index is 0.0715. The number of fused-ring (bicyclic) bond motifs is 1. The summed E-state index contributed by atoms with van der Waals surface area (Å²) in [6.07, 6.45) is 1.68. The Kier molecular flexibility index (Phi) is 3.71. The van der Waals surface area contributed by atoms with Gasteiger partial charge in [-0.25, -0.2) is 0 Å². The highest BCUT2D eigenvalue weighted by molar-refractivity contribution is 5.83. The van der Waals surface area contributed by atoms with Crippen LogP contribution in [0.3, 0.4) is 0 Å². The van der Waals surface area contributed by atoms with Gasteiger partial charge in [-0.1, -0.05) is 12.1 Å². The van der Waals surface area contributed by atoms with Crippen molar-refractivity contribution in [1.82, 2.24) is 5.32 Å². The van der Waals surface area contributed by atoms with E-state index in [0.29, 0.717) is 0 Å². The van der Waals surface area contributed by atoms with Crippen molar-refractivity contribution in [3.63, 3.8) is 0 Å². The van der Waals surface area contributed by atoms with Crippen LogP contribution in [0.2, 0.25) is 0 Å². The van der Waals surface area contributed by atoms with Gasteiger partial charge in [0.15, 0.2) is 11.3 Å². The lowest BCUT2D eigenvalue weighted by Crippen LogP contribution is -2.21. The van der Waals surface area contributed by atoms with E-state index in [1.165, 1.54) is 0 Å². The number of nitrogens with one attached hydrogen (secondary N) is 1. The van der Waals surface area contributed by atoms with E-state index in [-0.39, 0.29) is 12.1 Å². The fourth-order valence-corrected chi connectivity index (χ4v) is 2.51.